The normalized spacial score (nSPS) is 11.9. The molecule has 1 amide bonds. The number of nitrogens with one attached hydrogen (secondary N) is 1. The summed E-state index contributed by atoms with van der Waals surface area (Å²) in [6.45, 7) is 1.68. The van der Waals surface area contributed by atoms with Gasteiger partial charge in [0, 0.05) is 0 Å². The summed E-state index contributed by atoms with van der Waals surface area (Å²) >= 11 is 0. The van der Waals surface area contributed by atoms with Crippen molar-refractivity contribution in [3.8, 4) is 5.75 Å². The zero-order valence-corrected chi connectivity index (χ0v) is 13.3. The van der Waals surface area contributed by atoms with Gasteiger partial charge in [-0.05, 0) is 41.5 Å². The molecule has 4 heteroatoms. The Hall–Kier alpha value is -2.88. The van der Waals surface area contributed by atoms with E-state index in [1.54, 1.807) is 12.1 Å². The second-order valence-corrected chi connectivity index (χ2v) is 5.61. The maximum atomic E-state index is 13.5. The average Bonchev–Trinajstić information content (AvgIpc) is 2.60. The zero-order chi connectivity index (χ0) is 16.9. The van der Waals surface area contributed by atoms with E-state index < -0.39 is 5.82 Å². The number of carbonyl (C=O) groups excluding carboxylic acids is 1. The number of halogens is 1. The van der Waals surface area contributed by atoms with Crippen molar-refractivity contribution in [3.63, 3.8) is 0 Å². The van der Waals surface area contributed by atoms with Gasteiger partial charge < -0.3 is 10.1 Å². The van der Waals surface area contributed by atoms with Crippen molar-refractivity contribution < 1.29 is 13.9 Å². The first-order chi connectivity index (χ1) is 11.6. The first-order valence-corrected chi connectivity index (χ1v) is 7.79. The minimum atomic E-state index is -0.479. The largest absolute Gasteiger partial charge is 0.481 e. The summed E-state index contributed by atoms with van der Waals surface area (Å²) in [6.07, 6.45) is 0. The maximum absolute atomic E-state index is 13.5. The van der Waals surface area contributed by atoms with E-state index in [0.29, 0.717) is 0 Å². The van der Waals surface area contributed by atoms with Crippen molar-refractivity contribution >= 4 is 16.7 Å². The molecular weight excluding hydrogens is 305 g/mol. The van der Waals surface area contributed by atoms with E-state index in [-0.39, 0.29) is 24.3 Å². The van der Waals surface area contributed by atoms with Crippen LogP contribution in [-0.2, 0) is 4.79 Å². The number of benzene rings is 3. The van der Waals surface area contributed by atoms with E-state index in [1.807, 2.05) is 43.3 Å². The van der Waals surface area contributed by atoms with Crippen molar-refractivity contribution in [3.05, 3.63) is 78.1 Å². The Morgan fingerprint density at radius 2 is 1.75 bits per heavy atom. The van der Waals surface area contributed by atoms with Crippen LogP contribution in [0, 0.1) is 5.82 Å². The number of hydrogen-bond donors (Lipinski definition) is 1. The molecule has 1 atom stereocenters. The van der Waals surface area contributed by atoms with E-state index in [0.717, 1.165) is 16.3 Å². The molecule has 122 valence electrons. The lowest BCUT2D eigenvalue weighted by molar-refractivity contribution is -0.123. The molecule has 0 saturated heterocycles. The third kappa shape index (κ3) is 3.71. The minimum absolute atomic E-state index is 0.0750. The molecule has 0 spiro atoms. The van der Waals surface area contributed by atoms with Crippen LogP contribution in [0.1, 0.15) is 18.5 Å². The van der Waals surface area contributed by atoms with Gasteiger partial charge in [0.1, 0.15) is 0 Å². The molecule has 0 radical (unpaired) electrons. The van der Waals surface area contributed by atoms with Crippen LogP contribution in [0.2, 0.25) is 0 Å². The van der Waals surface area contributed by atoms with Gasteiger partial charge in [0.05, 0.1) is 6.04 Å². The SMILES string of the molecule is C[C@H](NC(=O)COc1ccccc1F)c1ccc2ccccc2c1. The van der Waals surface area contributed by atoms with Crippen LogP contribution in [-0.4, -0.2) is 12.5 Å². The molecule has 3 aromatic carbocycles. The molecule has 3 aromatic rings. The van der Waals surface area contributed by atoms with Crippen LogP contribution >= 0.6 is 0 Å². The van der Waals surface area contributed by atoms with Crippen LogP contribution in [0.5, 0.6) is 5.75 Å². The smallest absolute Gasteiger partial charge is 0.258 e. The Balaban J connectivity index is 1.61. The average molecular weight is 323 g/mol. The summed E-state index contributed by atoms with van der Waals surface area (Å²) in [5.41, 5.74) is 1.01. The molecule has 0 aliphatic carbocycles. The minimum Gasteiger partial charge on any atom is -0.481 e. The van der Waals surface area contributed by atoms with E-state index in [9.17, 15) is 9.18 Å². The predicted molar refractivity (Wildman–Crippen MR) is 92.4 cm³/mol. The highest BCUT2D eigenvalue weighted by atomic mass is 19.1. The molecule has 0 aliphatic rings. The second kappa shape index (κ2) is 7.13. The van der Waals surface area contributed by atoms with Crippen molar-refractivity contribution in [2.75, 3.05) is 6.61 Å². The highest BCUT2D eigenvalue weighted by Gasteiger charge is 2.11. The van der Waals surface area contributed by atoms with Crippen molar-refractivity contribution in [2.24, 2.45) is 0 Å². The molecule has 3 rings (SSSR count). The van der Waals surface area contributed by atoms with Gasteiger partial charge in [-0.15, -0.1) is 0 Å². The Kier molecular flexibility index (Phi) is 4.75. The number of para-hydroxylation sites is 1. The van der Waals surface area contributed by atoms with Crippen molar-refractivity contribution in [2.45, 2.75) is 13.0 Å². The molecule has 0 saturated carbocycles. The fraction of sp³-hybridized carbons (Fsp3) is 0.150. The van der Waals surface area contributed by atoms with Gasteiger partial charge in [0.15, 0.2) is 18.2 Å². The summed E-state index contributed by atoms with van der Waals surface area (Å²) in [5.74, 6) is -0.696. The molecule has 0 heterocycles. The van der Waals surface area contributed by atoms with Crippen LogP contribution in [0.15, 0.2) is 66.7 Å². The first-order valence-electron chi connectivity index (χ1n) is 7.79. The van der Waals surface area contributed by atoms with Gasteiger partial charge in [-0.1, -0.05) is 48.5 Å². The number of ether oxygens (including phenoxy) is 1. The zero-order valence-electron chi connectivity index (χ0n) is 13.3. The van der Waals surface area contributed by atoms with Gasteiger partial charge in [0.25, 0.3) is 5.91 Å². The highest BCUT2D eigenvalue weighted by Crippen LogP contribution is 2.20. The molecule has 0 aromatic heterocycles. The fourth-order valence-electron chi connectivity index (χ4n) is 2.55. The summed E-state index contributed by atoms with van der Waals surface area (Å²) in [7, 11) is 0. The lowest BCUT2D eigenvalue weighted by Gasteiger charge is -2.15. The Bertz CT molecular complexity index is 863. The summed E-state index contributed by atoms with van der Waals surface area (Å²) in [5, 5.41) is 5.14. The number of hydrogen-bond acceptors (Lipinski definition) is 2. The molecule has 0 unspecified atom stereocenters. The third-order valence-electron chi connectivity index (χ3n) is 3.85. The molecule has 24 heavy (non-hydrogen) atoms. The van der Waals surface area contributed by atoms with E-state index in [1.165, 1.54) is 12.1 Å². The van der Waals surface area contributed by atoms with Crippen LogP contribution in [0.4, 0.5) is 4.39 Å². The lowest BCUT2D eigenvalue weighted by atomic mass is 10.0. The molecule has 0 bridgehead atoms. The van der Waals surface area contributed by atoms with Crippen LogP contribution < -0.4 is 10.1 Å². The monoisotopic (exact) mass is 323 g/mol. The predicted octanol–water partition coefficient (Wildman–Crippen LogP) is 4.24. The molecule has 3 nitrogen and oxygen atoms in total. The van der Waals surface area contributed by atoms with Crippen LogP contribution in [0.3, 0.4) is 0 Å². The van der Waals surface area contributed by atoms with Gasteiger partial charge >= 0.3 is 0 Å². The number of carbonyl (C=O) groups is 1. The second-order valence-electron chi connectivity index (χ2n) is 5.61. The highest BCUT2D eigenvalue weighted by molar-refractivity contribution is 5.83. The standard InChI is InChI=1S/C20H18FNO2/c1-14(16-11-10-15-6-2-3-7-17(15)12-16)22-20(23)13-24-19-9-5-4-8-18(19)21/h2-12,14H,13H2,1H3,(H,22,23)/t14-/m0/s1. The summed E-state index contributed by atoms with van der Waals surface area (Å²) in [4.78, 5) is 12.0. The topological polar surface area (TPSA) is 38.3 Å². The van der Waals surface area contributed by atoms with Gasteiger partial charge in [-0.2, -0.15) is 0 Å². The van der Waals surface area contributed by atoms with Crippen molar-refractivity contribution in [1.82, 2.24) is 5.32 Å². The number of fused-ring (bicyclic) bond motifs is 1. The van der Waals surface area contributed by atoms with Crippen molar-refractivity contribution in [1.29, 1.82) is 0 Å². The van der Waals surface area contributed by atoms with E-state index >= 15 is 0 Å². The van der Waals surface area contributed by atoms with Crippen LogP contribution in [0.25, 0.3) is 10.8 Å². The Labute approximate surface area is 140 Å². The summed E-state index contributed by atoms with van der Waals surface area (Å²) < 4.78 is 18.7. The van der Waals surface area contributed by atoms with Gasteiger partial charge in [0.2, 0.25) is 0 Å². The number of amides is 1. The Morgan fingerprint density at radius 1 is 1.04 bits per heavy atom. The molecular formula is C20H18FNO2. The number of rotatable bonds is 5. The molecule has 0 fully saturated rings. The summed E-state index contributed by atoms with van der Waals surface area (Å²) in [6, 6.07) is 20.0. The first kappa shape index (κ1) is 16.0. The quantitative estimate of drug-likeness (QED) is 0.763. The molecule has 0 aliphatic heterocycles. The van der Waals surface area contributed by atoms with Gasteiger partial charge in [-0.25, -0.2) is 4.39 Å². The molecule has 1 N–H and O–H groups in total. The van der Waals surface area contributed by atoms with E-state index in [4.69, 9.17) is 4.74 Å². The fourth-order valence-corrected chi connectivity index (χ4v) is 2.55. The third-order valence-corrected chi connectivity index (χ3v) is 3.85. The lowest BCUT2D eigenvalue weighted by Crippen LogP contribution is -2.31. The maximum Gasteiger partial charge on any atom is 0.258 e. The van der Waals surface area contributed by atoms with Gasteiger partial charge in [-0.3, -0.25) is 4.79 Å². The van der Waals surface area contributed by atoms with E-state index in [2.05, 4.69) is 11.4 Å². The Morgan fingerprint density at radius 3 is 2.54 bits per heavy atom.